The minimum absolute atomic E-state index is 0.291. The minimum Gasteiger partial charge on any atom is -0.454 e. The Kier molecular flexibility index (Phi) is 3.89. The molecule has 0 aliphatic heterocycles. The van der Waals surface area contributed by atoms with Gasteiger partial charge in [0.2, 0.25) is 0 Å². The van der Waals surface area contributed by atoms with Crippen molar-refractivity contribution in [1.29, 1.82) is 0 Å². The summed E-state index contributed by atoms with van der Waals surface area (Å²) in [5, 5.41) is 2.81. The van der Waals surface area contributed by atoms with E-state index in [1.807, 2.05) is 6.92 Å². The van der Waals surface area contributed by atoms with Gasteiger partial charge in [0, 0.05) is 11.3 Å². The van der Waals surface area contributed by atoms with Crippen LogP contribution in [0.3, 0.4) is 0 Å². The van der Waals surface area contributed by atoms with Crippen LogP contribution in [0.25, 0.3) is 10.8 Å². The lowest BCUT2D eigenvalue weighted by Crippen LogP contribution is -2.10. The monoisotopic (exact) mass is 351 g/mol. The van der Waals surface area contributed by atoms with Crippen LogP contribution in [0.15, 0.2) is 48.5 Å². The number of nitrogen functional groups attached to an aromatic ring is 1. The van der Waals surface area contributed by atoms with E-state index in [1.54, 1.807) is 18.2 Å². The standard InChI is InChI=1S/C21H18ClNO2/c1-12(25-21(24)18-11-15(23)8-10-19(18)22)16-9-7-14-6-5-13-3-2-4-17(16)20(13)14/h2-4,7-12H,5-6,23H2,1H3. The Labute approximate surface area is 151 Å². The molecule has 3 aromatic rings. The van der Waals surface area contributed by atoms with E-state index in [-0.39, 0.29) is 6.10 Å². The molecule has 2 N–H and O–H groups in total. The largest absolute Gasteiger partial charge is 0.454 e. The van der Waals surface area contributed by atoms with Crippen molar-refractivity contribution in [2.45, 2.75) is 25.9 Å². The Hall–Kier alpha value is -2.52. The van der Waals surface area contributed by atoms with Gasteiger partial charge in [-0.05, 0) is 59.9 Å². The maximum atomic E-state index is 12.5. The molecule has 0 fully saturated rings. The van der Waals surface area contributed by atoms with Gasteiger partial charge in [-0.1, -0.05) is 41.9 Å². The zero-order valence-electron chi connectivity index (χ0n) is 13.9. The zero-order valence-corrected chi connectivity index (χ0v) is 14.6. The molecule has 1 unspecified atom stereocenters. The lowest BCUT2D eigenvalue weighted by atomic mass is 9.97. The fourth-order valence-corrected chi connectivity index (χ4v) is 3.81. The summed E-state index contributed by atoms with van der Waals surface area (Å²) in [5.41, 5.74) is 10.3. The van der Waals surface area contributed by atoms with Crippen molar-refractivity contribution >= 4 is 34.0 Å². The summed E-state index contributed by atoms with van der Waals surface area (Å²) in [5.74, 6) is -0.465. The van der Waals surface area contributed by atoms with Crippen LogP contribution >= 0.6 is 11.6 Å². The molecule has 1 aliphatic carbocycles. The topological polar surface area (TPSA) is 52.3 Å². The highest BCUT2D eigenvalue weighted by Gasteiger charge is 2.21. The molecule has 0 saturated heterocycles. The zero-order chi connectivity index (χ0) is 17.6. The first-order valence-corrected chi connectivity index (χ1v) is 8.72. The molecular weight excluding hydrogens is 334 g/mol. The highest BCUT2D eigenvalue weighted by molar-refractivity contribution is 6.33. The Morgan fingerprint density at radius 2 is 1.88 bits per heavy atom. The van der Waals surface area contributed by atoms with Gasteiger partial charge in [0.05, 0.1) is 10.6 Å². The number of carbonyl (C=O) groups excluding carboxylic acids is 1. The summed E-state index contributed by atoms with van der Waals surface area (Å²) in [6.45, 7) is 1.89. The van der Waals surface area contributed by atoms with Gasteiger partial charge in [-0.25, -0.2) is 4.79 Å². The molecule has 1 atom stereocenters. The number of carbonyl (C=O) groups is 1. The van der Waals surface area contributed by atoms with E-state index < -0.39 is 5.97 Å². The van der Waals surface area contributed by atoms with Crippen molar-refractivity contribution in [1.82, 2.24) is 0 Å². The average Bonchev–Trinajstić information content (AvgIpc) is 3.02. The number of hydrogen-bond donors (Lipinski definition) is 1. The molecule has 4 rings (SSSR count). The van der Waals surface area contributed by atoms with E-state index in [9.17, 15) is 4.79 Å². The van der Waals surface area contributed by atoms with Crippen LogP contribution in [0.5, 0.6) is 0 Å². The van der Waals surface area contributed by atoms with E-state index in [1.165, 1.54) is 16.5 Å². The highest BCUT2D eigenvalue weighted by atomic mass is 35.5. The third kappa shape index (κ3) is 2.75. The van der Waals surface area contributed by atoms with Crippen LogP contribution in [0, 0.1) is 0 Å². The number of halogens is 1. The quantitative estimate of drug-likeness (QED) is 0.528. The first-order chi connectivity index (χ1) is 12.0. The Morgan fingerprint density at radius 3 is 2.68 bits per heavy atom. The van der Waals surface area contributed by atoms with E-state index >= 15 is 0 Å². The van der Waals surface area contributed by atoms with Crippen LogP contribution in [0.2, 0.25) is 5.02 Å². The molecule has 3 aromatic carbocycles. The van der Waals surface area contributed by atoms with Crippen molar-refractivity contribution in [2.24, 2.45) is 0 Å². The number of ether oxygens (including phenoxy) is 1. The van der Waals surface area contributed by atoms with E-state index in [0.717, 1.165) is 23.8 Å². The molecule has 0 heterocycles. The molecule has 0 aromatic heterocycles. The number of anilines is 1. The van der Waals surface area contributed by atoms with E-state index in [0.29, 0.717) is 16.3 Å². The van der Waals surface area contributed by atoms with Crippen molar-refractivity contribution < 1.29 is 9.53 Å². The SMILES string of the molecule is CC(OC(=O)c1cc(N)ccc1Cl)c1ccc2c3c(cccc13)CC2. The first kappa shape index (κ1) is 16.0. The van der Waals surface area contributed by atoms with Gasteiger partial charge >= 0.3 is 5.97 Å². The second-order valence-corrected chi connectivity index (χ2v) is 6.85. The fourth-order valence-electron chi connectivity index (χ4n) is 3.61. The van der Waals surface area contributed by atoms with Gasteiger partial charge in [-0.15, -0.1) is 0 Å². The van der Waals surface area contributed by atoms with Crippen LogP contribution < -0.4 is 5.73 Å². The molecule has 25 heavy (non-hydrogen) atoms. The number of hydrogen-bond acceptors (Lipinski definition) is 3. The molecule has 0 bridgehead atoms. The Bertz CT molecular complexity index is 986. The molecule has 4 heteroatoms. The van der Waals surface area contributed by atoms with Crippen LogP contribution in [0.4, 0.5) is 5.69 Å². The Balaban J connectivity index is 1.68. The van der Waals surface area contributed by atoms with Gasteiger partial charge < -0.3 is 10.5 Å². The second-order valence-electron chi connectivity index (χ2n) is 6.44. The van der Waals surface area contributed by atoms with E-state index in [4.69, 9.17) is 22.1 Å². The minimum atomic E-state index is -0.465. The van der Waals surface area contributed by atoms with Crippen molar-refractivity contribution in [3.05, 3.63) is 75.8 Å². The lowest BCUT2D eigenvalue weighted by Gasteiger charge is -2.17. The van der Waals surface area contributed by atoms with Gasteiger partial charge in [0.1, 0.15) is 6.10 Å². The predicted octanol–water partition coefficient (Wildman–Crippen LogP) is 5.09. The summed E-state index contributed by atoms with van der Waals surface area (Å²) in [6.07, 6.45) is 1.77. The smallest absolute Gasteiger partial charge is 0.340 e. The van der Waals surface area contributed by atoms with Crippen molar-refractivity contribution in [2.75, 3.05) is 5.73 Å². The van der Waals surface area contributed by atoms with Crippen molar-refractivity contribution in [3.8, 4) is 0 Å². The summed E-state index contributed by atoms with van der Waals surface area (Å²) in [4.78, 5) is 12.5. The van der Waals surface area contributed by atoms with Crippen molar-refractivity contribution in [3.63, 3.8) is 0 Å². The number of esters is 1. The molecule has 0 saturated carbocycles. The van der Waals surface area contributed by atoms with Crippen LogP contribution in [-0.2, 0) is 17.6 Å². The van der Waals surface area contributed by atoms with Crippen LogP contribution in [-0.4, -0.2) is 5.97 Å². The predicted molar refractivity (Wildman–Crippen MR) is 101 cm³/mol. The summed E-state index contributed by atoms with van der Waals surface area (Å²) < 4.78 is 5.69. The number of aryl methyl sites for hydroxylation is 2. The average molecular weight is 352 g/mol. The molecule has 0 spiro atoms. The molecule has 1 aliphatic rings. The normalized spacial score (nSPS) is 13.8. The summed E-state index contributed by atoms with van der Waals surface area (Å²) in [7, 11) is 0. The molecular formula is C21H18ClNO2. The lowest BCUT2D eigenvalue weighted by molar-refractivity contribution is 0.0341. The highest BCUT2D eigenvalue weighted by Crippen LogP contribution is 2.36. The third-order valence-electron chi connectivity index (χ3n) is 4.84. The van der Waals surface area contributed by atoms with Crippen LogP contribution in [0.1, 0.15) is 40.1 Å². The summed E-state index contributed by atoms with van der Waals surface area (Å²) in [6, 6.07) is 15.4. The van der Waals surface area contributed by atoms with Gasteiger partial charge in [0.25, 0.3) is 0 Å². The number of benzene rings is 3. The van der Waals surface area contributed by atoms with Gasteiger partial charge in [0.15, 0.2) is 0 Å². The molecule has 0 amide bonds. The maximum absolute atomic E-state index is 12.5. The summed E-state index contributed by atoms with van der Waals surface area (Å²) >= 11 is 6.11. The fraction of sp³-hybridized carbons (Fsp3) is 0.190. The number of nitrogens with two attached hydrogens (primary N) is 1. The maximum Gasteiger partial charge on any atom is 0.340 e. The number of rotatable bonds is 3. The van der Waals surface area contributed by atoms with Gasteiger partial charge in [-0.2, -0.15) is 0 Å². The first-order valence-electron chi connectivity index (χ1n) is 8.34. The molecule has 0 radical (unpaired) electrons. The van der Waals surface area contributed by atoms with E-state index in [2.05, 4.69) is 30.3 Å². The third-order valence-corrected chi connectivity index (χ3v) is 5.17. The molecule has 126 valence electrons. The Morgan fingerprint density at radius 1 is 1.12 bits per heavy atom. The molecule has 3 nitrogen and oxygen atoms in total. The second kappa shape index (κ2) is 6.08. The van der Waals surface area contributed by atoms with Gasteiger partial charge in [-0.3, -0.25) is 0 Å².